The number of thiophene rings is 1. The van der Waals surface area contributed by atoms with Gasteiger partial charge in [0, 0.05) is 48.4 Å². The Bertz CT molecular complexity index is 2640. The third-order valence-electron chi connectivity index (χ3n) is 10.2. The maximum Gasteiger partial charge on any atom is 0.0536 e. The van der Waals surface area contributed by atoms with Crippen LogP contribution in [0.25, 0.3) is 53.2 Å². The molecule has 2 aliphatic rings. The molecule has 0 bridgehead atoms. The van der Waals surface area contributed by atoms with Gasteiger partial charge in [-0.25, -0.2) is 0 Å². The average molecular weight is 692 g/mol. The predicted octanol–water partition coefficient (Wildman–Crippen LogP) is 14.2. The molecule has 0 spiro atoms. The molecule has 6 aromatic carbocycles. The molecule has 0 saturated carbocycles. The molecule has 1 heterocycles. The van der Waals surface area contributed by atoms with Crippen LogP contribution in [0, 0.1) is 6.92 Å². The standard InChI is InChI=1S/C48H37NS2/c1-32-29-36(23-27-40(32)42-16-5-8-19-46(42)50)34-13-10-14-38(25-21-34)49(39-26-22-33-11-2-3-12-35(33)30-39)45-18-7-4-15-41(45)37-24-28-44-43-17-6-9-20-47(43)51-48(44)31-37/h2-4,6-13,15,17-31,50H,5,14,16H2,1H3. The molecule has 0 radical (unpaired) electrons. The van der Waals surface area contributed by atoms with E-state index in [1.54, 1.807) is 0 Å². The minimum Gasteiger partial charge on any atom is -0.313 e. The van der Waals surface area contributed by atoms with Crippen LogP contribution in [0.4, 0.5) is 11.4 Å². The van der Waals surface area contributed by atoms with Crippen molar-refractivity contribution in [2.45, 2.75) is 26.2 Å². The molecule has 7 aromatic rings. The van der Waals surface area contributed by atoms with Crippen LogP contribution in [0.15, 0.2) is 174 Å². The Kier molecular flexibility index (Phi) is 8.31. The second-order valence-corrected chi connectivity index (χ2v) is 15.0. The van der Waals surface area contributed by atoms with Gasteiger partial charge in [0.2, 0.25) is 0 Å². The minimum atomic E-state index is 0.801. The van der Waals surface area contributed by atoms with Gasteiger partial charge in [0.25, 0.3) is 0 Å². The van der Waals surface area contributed by atoms with Gasteiger partial charge in [-0.2, -0.15) is 0 Å². The van der Waals surface area contributed by atoms with E-state index in [1.165, 1.54) is 81.3 Å². The van der Waals surface area contributed by atoms with Gasteiger partial charge in [0.15, 0.2) is 0 Å². The quantitative estimate of drug-likeness (QED) is 0.170. The van der Waals surface area contributed by atoms with Crippen LogP contribution in [-0.2, 0) is 0 Å². The van der Waals surface area contributed by atoms with Crippen molar-refractivity contribution in [3.63, 3.8) is 0 Å². The van der Waals surface area contributed by atoms with E-state index in [2.05, 4.69) is 176 Å². The van der Waals surface area contributed by atoms with Crippen molar-refractivity contribution in [2.75, 3.05) is 4.90 Å². The summed E-state index contributed by atoms with van der Waals surface area (Å²) in [5.41, 5.74) is 12.3. The molecule has 0 atom stereocenters. The number of hydrogen-bond acceptors (Lipinski definition) is 3. The highest BCUT2D eigenvalue weighted by molar-refractivity contribution is 7.85. The molecule has 0 N–H and O–H groups in total. The molecule has 0 amide bonds. The molecule has 246 valence electrons. The van der Waals surface area contributed by atoms with Crippen molar-refractivity contribution < 1.29 is 0 Å². The number of para-hydroxylation sites is 1. The number of thiol groups is 1. The number of fused-ring (bicyclic) bond motifs is 4. The molecule has 3 heteroatoms. The van der Waals surface area contributed by atoms with Crippen molar-refractivity contribution >= 4 is 77.4 Å². The molecule has 2 aliphatic carbocycles. The van der Waals surface area contributed by atoms with Crippen LogP contribution in [0.5, 0.6) is 0 Å². The maximum absolute atomic E-state index is 4.78. The fourth-order valence-electron chi connectivity index (χ4n) is 7.66. The largest absolute Gasteiger partial charge is 0.313 e. The Hall–Kier alpha value is -5.35. The van der Waals surface area contributed by atoms with Crippen LogP contribution < -0.4 is 4.90 Å². The maximum atomic E-state index is 4.78. The zero-order valence-electron chi connectivity index (χ0n) is 28.5. The zero-order chi connectivity index (χ0) is 34.3. The second kappa shape index (κ2) is 13.4. The van der Waals surface area contributed by atoms with Gasteiger partial charge in [-0.05, 0) is 100 Å². The zero-order valence-corrected chi connectivity index (χ0v) is 30.2. The molecule has 0 aliphatic heterocycles. The number of benzene rings is 6. The van der Waals surface area contributed by atoms with Gasteiger partial charge in [-0.15, -0.1) is 24.0 Å². The highest BCUT2D eigenvalue weighted by atomic mass is 32.1. The third kappa shape index (κ3) is 5.97. The van der Waals surface area contributed by atoms with E-state index in [4.69, 9.17) is 12.6 Å². The first-order chi connectivity index (χ1) is 25.1. The molecule has 0 fully saturated rings. The first kappa shape index (κ1) is 31.6. The summed E-state index contributed by atoms with van der Waals surface area (Å²) >= 11 is 6.65. The summed E-state index contributed by atoms with van der Waals surface area (Å²) < 4.78 is 2.64. The Labute approximate surface area is 309 Å². The topological polar surface area (TPSA) is 3.24 Å². The number of aryl methyl sites for hydroxylation is 1. The van der Waals surface area contributed by atoms with Crippen molar-refractivity contribution in [3.8, 4) is 11.1 Å². The van der Waals surface area contributed by atoms with E-state index in [-0.39, 0.29) is 0 Å². The van der Waals surface area contributed by atoms with Crippen LogP contribution in [0.2, 0.25) is 0 Å². The number of anilines is 2. The SMILES string of the molecule is Cc1cc(C2=CC=C(N(c3ccc4ccccc4c3)c3ccccc3-c3ccc4c(c3)sc3ccccc34)CC=C2)ccc1C1=C(S)C=CCC1. The smallest absolute Gasteiger partial charge is 0.0536 e. The van der Waals surface area contributed by atoms with Crippen molar-refractivity contribution in [2.24, 2.45) is 0 Å². The summed E-state index contributed by atoms with van der Waals surface area (Å²) in [4.78, 5) is 3.54. The van der Waals surface area contributed by atoms with Crippen molar-refractivity contribution in [1.29, 1.82) is 0 Å². The lowest BCUT2D eigenvalue weighted by Gasteiger charge is -2.30. The summed E-state index contributed by atoms with van der Waals surface area (Å²) in [6, 6.07) is 46.9. The Morgan fingerprint density at radius 2 is 1.43 bits per heavy atom. The fraction of sp³-hybridized carbons (Fsp3) is 0.0833. The normalized spacial score (nSPS) is 14.6. The predicted molar refractivity (Wildman–Crippen MR) is 226 cm³/mol. The molecule has 1 nitrogen and oxygen atoms in total. The van der Waals surface area contributed by atoms with E-state index >= 15 is 0 Å². The fourth-order valence-corrected chi connectivity index (χ4v) is 9.14. The van der Waals surface area contributed by atoms with Gasteiger partial charge in [0.1, 0.15) is 0 Å². The number of nitrogens with zero attached hydrogens (tertiary/aromatic N) is 1. The summed E-state index contributed by atoms with van der Waals surface area (Å²) in [6.07, 6.45) is 16.5. The van der Waals surface area contributed by atoms with Gasteiger partial charge in [-0.3, -0.25) is 0 Å². The monoisotopic (exact) mass is 691 g/mol. The Morgan fingerprint density at radius 3 is 2.33 bits per heavy atom. The minimum absolute atomic E-state index is 0.801. The molecule has 51 heavy (non-hydrogen) atoms. The van der Waals surface area contributed by atoms with Crippen LogP contribution in [0.3, 0.4) is 0 Å². The van der Waals surface area contributed by atoms with E-state index in [9.17, 15) is 0 Å². The molecule has 0 unspecified atom stereocenters. The first-order valence-electron chi connectivity index (χ1n) is 17.7. The van der Waals surface area contributed by atoms with E-state index in [0.29, 0.717) is 0 Å². The Balaban J connectivity index is 1.16. The molecule has 0 saturated heterocycles. The van der Waals surface area contributed by atoms with Gasteiger partial charge >= 0.3 is 0 Å². The Morgan fingerprint density at radius 1 is 0.627 bits per heavy atom. The highest BCUT2D eigenvalue weighted by Gasteiger charge is 2.20. The van der Waals surface area contributed by atoms with E-state index in [1.807, 2.05) is 11.3 Å². The number of allylic oxidation sites excluding steroid dienone is 8. The lowest BCUT2D eigenvalue weighted by molar-refractivity contribution is 1.05. The first-order valence-corrected chi connectivity index (χ1v) is 18.9. The summed E-state index contributed by atoms with van der Waals surface area (Å²) in [5.74, 6) is 0. The van der Waals surface area contributed by atoms with Crippen LogP contribution in [0.1, 0.15) is 36.0 Å². The van der Waals surface area contributed by atoms with Crippen LogP contribution >= 0.6 is 24.0 Å². The molecular formula is C48H37NS2. The average Bonchev–Trinajstić information content (AvgIpc) is 3.37. The van der Waals surface area contributed by atoms with Gasteiger partial charge in [0.05, 0.1) is 5.69 Å². The van der Waals surface area contributed by atoms with Gasteiger partial charge in [-0.1, -0.05) is 127 Å². The lowest BCUT2D eigenvalue weighted by Crippen LogP contribution is -2.17. The van der Waals surface area contributed by atoms with E-state index < -0.39 is 0 Å². The van der Waals surface area contributed by atoms with E-state index in [0.717, 1.165) is 29.9 Å². The summed E-state index contributed by atoms with van der Waals surface area (Å²) in [5, 5.41) is 5.12. The third-order valence-corrected chi connectivity index (χ3v) is 11.8. The molecular weight excluding hydrogens is 655 g/mol. The molecule has 9 rings (SSSR count). The van der Waals surface area contributed by atoms with Crippen molar-refractivity contribution in [3.05, 3.63) is 191 Å². The summed E-state index contributed by atoms with van der Waals surface area (Å²) in [7, 11) is 0. The molecule has 1 aromatic heterocycles. The lowest BCUT2D eigenvalue weighted by atomic mass is 9.91. The van der Waals surface area contributed by atoms with Gasteiger partial charge < -0.3 is 4.90 Å². The number of hydrogen-bond donors (Lipinski definition) is 1. The summed E-state index contributed by atoms with van der Waals surface area (Å²) in [6.45, 7) is 2.22. The second-order valence-electron chi connectivity index (χ2n) is 13.4. The van der Waals surface area contributed by atoms with Crippen molar-refractivity contribution in [1.82, 2.24) is 0 Å². The highest BCUT2D eigenvalue weighted by Crippen LogP contribution is 2.43. The number of rotatable bonds is 6. The van der Waals surface area contributed by atoms with Crippen LogP contribution in [-0.4, -0.2) is 0 Å².